The Bertz CT molecular complexity index is 198. The number of hydrogen-bond donors (Lipinski definition) is 0. The molecule has 0 fully saturated rings. The van der Waals surface area contributed by atoms with Crippen molar-refractivity contribution < 1.29 is 0 Å². The molecule has 2 unspecified atom stereocenters. The van der Waals surface area contributed by atoms with E-state index in [1.54, 1.807) is 18.2 Å². The van der Waals surface area contributed by atoms with Crippen molar-refractivity contribution in [2.75, 3.05) is 0 Å². The fraction of sp³-hybridized carbons (Fsp3) is 0.286. The van der Waals surface area contributed by atoms with Crippen LogP contribution in [0, 0.1) is 0 Å². The summed E-state index contributed by atoms with van der Waals surface area (Å²) in [4.78, 5) is 2.87. The molecular formula is C7H7Cl2N. The van der Waals surface area contributed by atoms with E-state index in [0.29, 0.717) is 0 Å². The Kier molecular flexibility index (Phi) is 2.17. The van der Waals surface area contributed by atoms with Gasteiger partial charge < -0.3 is 0 Å². The number of hydrogen-bond acceptors (Lipinski definition) is 1. The van der Waals surface area contributed by atoms with Crippen LogP contribution in [0.5, 0.6) is 0 Å². The smallest absolute Gasteiger partial charge is 0.171 e. The van der Waals surface area contributed by atoms with Gasteiger partial charge in [0, 0.05) is 0 Å². The van der Waals surface area contributed by atoms with Gasteiger partial charge in [-0.3, -0.25) is 4.99 Å². The molecule has 0 aliphatic heterocycles. The lowest BCUT2D eigenvalue weighted by Gasteiger charge is -2.23. The van der Waals surface area contributed by atoms with Crippen molar-refractivity contribution >= 4 is 29.9 Å². The summed E-state index contributed by atoms with van der Waals surface area (Å²) in [6.45, 7) is 3.36. The third-order valence-electron chi connectivity index (χ3n) is 1.35. The zero-order chi connectivity index (χ0) is 7.61. The van der Waals surface area contributed by atoms with Gasteiger partial charge in [0.2, 0.25) is 0 Å². The van der Waals surface area contributed by atoms with E-state index in [-0.39, 0.29) is 5.38 Å². The summed E-state index contributed by atoms with van der Waals surface area (Å²) in [7, 11) is 0. The number of allylic oxidation sites excluding steroid dienone is 2. The van der Waals surface area contributed by atoms with E-state index in [4.69, 9.17) is 23.2 Å². The molecule has 1 aliphatic carbocycles. The second-order valence-corrected chi connectivity index (χ2v) is 3.11. The average Bonchev–Trinajstić information content (AvgIpc) is 1.96. The maximum absolute atomic E-state index is 5.91. The molecule has 0 aromatic rings. The quantitative estimate of drug-likeness (QED) is 0.330. The van der Waals surface area contributed by atoms with Crippen molar-refractivity contribution in [3.05, 3.63) is 24.3 Å². The van der Waals surface area contributed by atoms with Gasteiger partial charge in [-0.15, -0.1) is 11.6 Å². The Balaban J connectivity index is 2.87. The molecule has 1 nitrogen and oxygen atoms in total. The minimum Gasteiger partial charge on any atom is -0.272 e. The largest absolute Gasteiger partial charge is 0.272 e. The van der Waals surface area contributed by atoms with Crippen molar-refractivity contribution in [2.45, 2.75) is 10.4 Å². The van der Waals surface area contributed by atoms with Crippen LogP contribution in [0.2, 0.25) is 0 Å². The van der Waals surface area contributed by atoms with Crippen LogP contribution in [-0.4, -0.2) is 17.1 Å². The SMILES string of the molecule is C=NC1(Cl)C=CC=CC1Cl. The molecule has 0 N–H and O–H groups in total. The summed E-state index contributed by atoms with van der Waals surface area (Å²) >= 11 is 11.7. The van der Waals surface area contributed by atoms with Crippen molar-refractivity contribution in [2.24, 2.45) is 4.99 Å². The normalized spacial score (nSPS) is 38.0. The highest BCUT2D eigenvalue weighted by Crippen LogP contribution is 2.30. The van der Waals surface area contributed by atoms with E-state index in [0.717, 1.165) is 0 Å². The van der Waals surface area contributed by atoms with Crippen LogP contribution in [0.15, 0.2) is 29.3 Å². The molecule has 1 aliphatic rings. The molecule has 0 spiro atoms. The molecule has 0 bridgehead atoms. The summed E-state index contributed by atoms with van der Waals surface area (Å²) in [5.41, 5.74) is 0. The molecule has 1 rings (SSSR count). The molecule has 0 aromatic heterocycles. The first-order valence-electron chi connectivity index (χ1n) is 2.86. The van der Waals surface area contributed by atoms with Crippen molar-refractivity contribution in [1.82, 2.24) is 0 Å². The van der Waals surface area contributed by atoms with Gasteiger partial charge in [-0.05, 0) is 12.8 Å². The van der Waals surface area contributed by atoms with Gasteiger partial charge >= 0.3 is 0 Å². The maximum Gasteiger partial charge on any atom is 0.171 e. The molecule has 10 heavy (non-hydrogen) atoms. The van der Waals surface area contributed by atoms with E-state index < -0.39 is 5.00 Å². The van der Waals surface area contributed by atoms with E-state index in [1.165, 1.54) is 0 Å². The van der Waals surface area contributed by atoms with Gasteiger partial charge in [0.25, 0.3) is 0 Å². The summed E-state index contributed by atoms with van der Waals surface area (Å²) in [5, 5.41) is -0.295. The van der Waals surface area contributed by atoms with Gasteiger partial charge in [-0.25, -0.2) is 0 Å². The third kappa shape index (κ3) is 1.25. The van der Waals surface area contributed by atoms with Gasteiger partial charge in [0.1, 0.15) is 0 Å². The van der Waals surface area contributed by atoms with Crippen LogP contribution in [0.25, 0.3) is 0 Å². The Morgan fingerprint density at radius 2 is 2.20 bits per heavy atom. The molecule has 0 radical (unpaired) electrons. The zero-order valence-corrected chi connectivity index (χ0v) is 6.81. The minimum atomic E-state index is -0.837. The van der Waals surface area contributed by atoms with Gasteiger partial charge in [-0.1, -0.05) is 29.8 Å². The van der Waals surface area contributed by atoms with Crippen LogP contribution in [0.1, 0.15) is 0 Å². The Morgan fingerprint density at radius 3 is 2.60 bits per heavy atom. The van der Waals surface area contributed by atoms with Crippen LogP contribution < -0.4 is 0 Å². The van der Waals surface area contributed by atoms with Crippen LogP contribution in [-0.2, 0) is 0 Å². The van der Waals surface area contributed by atoms with Crippen molar-refractivity contribution in [3.63, 3.8) is 0 Å². The average molecular weight is 176 g/mol. The maximum atomic E-state index is 5.91. The first kappa shape index (κ1) is 7.83. The molecule has 3 heteroatoms. The lowest BCUT2D eigenvalue weighted by molar-refractivity contribution is 0.759. The molecule has 2 atom stereocenters. The first-order valence-corrected chi connectivity index (χ1v) is 3.67. The van der Waals surface area contributed by atoms with Crippen LogP contribution in [0.3, 0.4) is 0 Å². The van der Waals surface area contributed by atoms with Crippen LogP contribution >= 0.6 is 23.2 Å². The summed E-state index contributed by atoms with van der Waals surface area (Å²) in [6, 6.07) is 0. The Hall–Kier alpha value is -0.270. The van der Waals surface area contributed by atoms with Crippen molar-refractivity contribution in [3.8, 4) is 0 Å². The molecule has 54 valence electrons. The van der Waals surface area contributed by atoms with Crippen molar-refractivity contribution in [1.29, 1.82) is 0 Å². The highest BCUT2D eigenvalue weighted by molar-refractivity contribution is 6.34. The fourth-order valence-electron chi connectivity index (χ4n) is 0.719. The standard InChI is InChI=1S/C7H7Cl2N/c1-10-7(9)5-3-2-4-6(7)8/h2-6H,1H2. The van der Waals surface area contributed by atoms with Crippen LogP contribution in [0.4, 0.5) is 0 Å². The predicted octanol–water partition coefficient (Wildman–Crippen LogP) is 2.36. The van der Waals surface area contributed by atoms with E-state index in [9.17, 15) is 0 Å². The Morgan fingerprint density at radius 1 is 1.50 bits per heavy atom. The van der Waals surface area contributed by atoms with E-state index in [2.05, 4.69) is 11.7 Å². The van der Waals surface area contributed by atoms with Gasteiger partial charge in [-0.2, -0.15) is 0 Å². The highest BCUT2D eigenvalue weighted by Gasteiger charge is 2.30. The van der Waals surface area contributed by atoms with E-state index >= 15 is 0 Å². The monoisotopic (exact) mass is 175 g/mol. The number of rotatable bonds is 1. The lowest BCUT2D eigenvalue weighted by atomic mass is 10.1. The number of aliphatic imine (C=N–C) groups is 1. The molecule has 0 saturated heterocycles. The molecule has 0 heterocycles. The van der Waals surface area contributed by atoms with Gasteiger partial charge in [0.15, 0.2) is 5.00 Å². The summed E-state index contributed by atoms with van der Waals surface area (Å²) in [5.74, 6) is 0. The topological polar surface area (TPSA) is 12.4 Å². The van der Waals surface area contributed by atoms with Gasteiger partial charge in [0.05, 0.1) is 5.38 Å². The second-order valence-electron chi connectivity index (χ2n) is 2.03. The summed E-state index contributed by atoms with van der Waals surface area (Å²) in [6.07, 6.45) is 7.15. The molecule has 0 amide bonds. The number of halogens is 2. The first-order chi connectivity index (χ1) is 4.69. The molecule has 0 saturated carbocycles. The zero-order valence-electron chi connectivity index (χ0n) is 5.30. The third-order valence-corrected chi connectivity index (χ3v) is 2.42. The molecular weight excluding hydrogens is 169 g/mol. The predicted molar refractivity (Wildman–Crippen MR) is 46.1 cm³/mol. The van der Waals surface area contributed by atoms with E-state index in [1.807, 2.05) is 6.08 Å². The fourth-order valence-corrected chi connectivity index (χ4v) is 1.09. The number of alkyl halides is 2. The Labute approximate surface area is 70.0 Å². The lowest BCUT2D eigenvalue weighted by Crippen LogP contribution is -2.27. The summed E-state index contributed by atoms with van der Waals surface area (Å²) < 4.78 is 0. The molecule has 0 aromatic carbocycles. The highest BCUT2D eigenvalue weighted by atomic mass is 35.5. The second kappa shape index (κ2) is 2.77. The minimum absolute atomic E-state index is 0.295. The number of nitrogens with zero attached hydrogens (tertiary/aromatic N) is 1.